The minimum absolute atomic E-state index is 0.238. The molecule has 4 rings (SSSR count). The van der Waals surface area contributed by atoms with Crippen molar-refractivity contribution in [1.29, 1.82) is 0 Å². The summed E-state index contributed by atoms with van der Waals surface area (Å²) < 4.78 is 18.5. The van der Waals surface area contributed by atoms with E-state index in [9.17, 15) is 9.59 Å². The third kappa shape index (κ3) is 5.12. The van der Waals surface area contributed by atoms with Gasteiger partial charge in [0.15, 0.2) is 16.3 Å². The summed E-state index contributed by atoms with van der Waals surface area (Å²) in [5, 5.41) is 0. The fourth-order valence-electron chi connectivity index (χ4n) is 3.81. The molecular formula is C27H26N2O5S. The van der Waals surface area contributed by atoms with Gasteiger partial charge in [-0.1, -0.05) is 59.9 Å². The number of rotatable bonds is 8. The summed E-state index contributed by atoms with van der Waals surface area (Å²) in [6.45, 7) is 4.71. The van der Waals surface area contributed by atoms with Gasteiger partial charge < -0.3 is 14.2 Å². The third-order valence-corrected chi connectivity index (χ3v) is 6.36. The molecule has 1 aromatic heterocycles. The lowest BCUT2D eigenvalue weighted by atomic mass is 9.97. The molecule has 0 amide bonds. The predicted octanol–water partition coefficient (Wildman–Crippen LogP) is 3.48. The Labute approximate surface area is 206 Å². The topological polar surface area (TPSA) is 79.1 Å². The molecule has 0 fully saturated rings. The van der Waals surface area contributed by atoms with Crippen LogP contribution in [0.15, 0.2) is 76.2 Å². The van der Waals surface area contributed by atoms with Gasteiger partial charge in [0.1, 0.15) is 0 Å². The molecule has 35 heavy (non-hydrogen) atoms. The highest BCUT2D eigenvalue weighted by atomic mass is 32.1. The molecular weight excluding hydrogens is 464 g/mol. The van der Waals surface area contributed by atoms with Crippen molar-refractivity contribution in [1.82, 2.24) is 4.57 Å². The number of carbonyl (C=O) groups excluding carboxylic acids is 1. The van der Waals surface area contributed by atoms with Crippen LogP contribution in [0.4, 0.5) is 0 Å². The molecule has 0 radical (unpaired) electrons. The van der Waals surface area contributed by atoms with E-state index in [1.807, 2.05) is 62.4 Å². The summed E-state index contributed by atoms with van der Waals surface area (Å²) in [6, 6.07) is 14.5. The first-order valence-corrected chi connectivity index (χ1v) is 12.1. The van der Waals surface area contributed by atoms with E-state index in [4.69, 9.17) is 14.2 Å². The van der Waals surface area contributed by atoms with Gasteiger partial charge in [-0.2, -0.15) is 0 Å². The minimum atomic E-state index is -0.714. The second-order valence-corrected chi connectivity index (χ2v) is 8.55. The number of hydrogen-bond acceptors (Lipinski definition) is 7. The Bertz CT molecular complexity index is 1450. The molecule has 7 nitrogen and oxygen atoms in total. The van der Waals surface area contributed by atoms with Crippen LogP contribution in [0.3, 0.4) is 0 Å². The van der Waals surface area contributed by atoms with E-state index in [1.165, 1.54) is 29.2 Å². The summed E-state index contributed by atoms with van der Waals surface area (Å²) in [6.07, 6.45) is 7.00. The average molecular weight is 491 g/mol. The number of methoxy groups -OCH3 is 1. The lowest BCUT2D eigenvalue weighted by Gasteiger charge is -2.23. The first kappa shape index (κ1) is 24.2. The van der Waals surface area contributed by atoms with Gasteiger partial charge in [-0.05, 0) is 43.2 Å². The molecule has 0 bridgehead atoms. The maximum Gasteiger partial charge on any atom is 0.337 e. The summed E-state index contributed by atoms with van der Waals surface area (Å²) in [5.41, 5.74) is 1.74. The molecule has 0 N–H and O–H groups in total. The van der Waals surface area contributed by atoms with E-state index in [1.54, 1.807) is 18.2 Å². The number of aromatic nitrogens is 1. The molecule has 2 heterocycles. The Balaban J connectivity index is 1.83. The fraction of sp³-hybridized carbons (Fsp3) is 0.222. The smallest absolute Gasteiger partial charge is 0.337 e. The van der Waals surface area contributed by atoms with Crippen LogP contribution < -0.4 is 24.4 Å². The van der Waals surface area contributed by atoms with Crippen molar-refractivity contribution in [2.45, 2.75) is 19.9 Å². The standard InChI is InChI=1S/C27H26N2O5S/c1-4-33-21-15-14-19(16-22(21)34-5-2)24-20(26(31)32-3)17-28-27-29(24)25(30)23(35-27)13-9-12-18-10-7-6-8-11-18/h6-17,24H,4-5H2,1-3H3/b12-9+,23-13-/t24-/m1/s1. The molecule has 8 heteroatoms. The molecule has 1 aliphatic rings. The van der Waals surface area contributed by atoms with Gasteiger partial charge in [0, 0.05) is 6.20 Å². The molecule has 180 valence electrons. The van der Waals surface area contributed by atoms with Crippen LogP contribution in [-0.2, 0) is 9.53 Å². The largest absolute Gasteiger partial charge is 0.490 e. The molecule has 0 saturated carbocycles. The van der Waals surface area contributed by atoms with Gasteiger partial charge in [-0.15, -0.1) is 0 Å². The Morgan fingerprint density at radius 3 is 2.54 bits per heavy atom. The van der Waals surface area contributed by atoms with Crippen molar-refractivity contribution >= 4 is 29.5 Å². The van der Waals surface area contributed by atoms with Crippen molar-refractivity contribution in [3.8, 4) is 11.5 Å². The highest BCUT2D eigenvalue weighted by Crippen LogP contribution is 2.35. The third-order valence-electron chi connectivity index (χ3n) is 5.34. The maximum atomic E-state index is 13.5. The van der Waals surface area contributed by atoms with E-state index in [0.29, 0.717) is 39.6 Å². The number of allylic oxidation sites excluding steroid dienone is 1. The number of ether oxygens (including phenoxy) is 3. The fourth-order valence-corrected chi connectivity index (χ4v) is 4.73. The Morgan fingerprint density at radius 1 is 1.09 bits per heavy atom. The number of carbonyl (C=O) groups is 1. The van der Waals surface area contributed by atoms with Crippen LogP contribution >= 0.6 is 11.3 Å². The van der Waals surface area contributed by atoms with Gasteiger partial charge in [0.05, 0.1) is 36.5 Å². The second-order valence-electron chi connectivity index (χ2n) is 7.54. The number of nitrogens with zero attached hydrogens (tertiary/aromatic N) is 2. The lowest BCUT2D eigenvalue weighted by molar-refractivity contribution is -0.136. The maximum absolute atomic E-state index is 13.5. The Kier molecular flexibility index (Phi) is 7.62. The van der Waals surface area contributed by atoms with E-state index in [-0.39, 0.29) is 11.1 Å². The van der Waals surface area contributed by atoms with Crippen LogP contribution in [0.1, 0.15) is 31.0 Å². The van der Waals surface area contributed by atoms with Crippen molar-refractivity contribution < 1.29 is 19.0 Å². The van der Waals surface area contributed by atoms with E-state index in [0.717, 1.165) is 5.56 Å². The van der Waals surface area contributed by atoms with Gasteiger partial charge in [-0.25, -0.2) is 9.79 Å². The van der Waals surface area contributed by atoms with E-state index >= 15 is 0 Å². The van der Waals surface area contributed by atoms with Gasteiger partial charge in [0.2, 0.25) is 0 Å². The molecule has 0 aliphatic carbocycles. The normalized spacial score (nSPS) is 15.3. The summed E-state index contributed by atoms with van der Waals surface area (Å²) in [7, 11) is 1.31. The molecule has 0 spiro atoms. The van der Waals surface area contributed by atoms with Crippen LogP contribution in [0, 0.1) is 0 Å². The number of benzene rings is 2. The van der Waals surface area contributed by atoms with E-state index in [2.05, 4.69) is 4.99 Å². The van der Waals surface area contributed by atoms with E-state index < -0.39 is 12.0 Å². The predicted molar refractivity (Wildman–Crippen MR) is 136 cm³/mol. The summed E-state index contributed by atoms with van der Waals surface area (Å²) >= 11 is 1.27. The molecule has 3 aromatic rings. The quantitative estimate of drug-likeness (QED) is 0.452. The number of hydrogen-bond donors (Lipinski definition) is 0. The Morgan fingerprint density at radius 2 is 1.83 bits per heavy atom. The van der Waals surface area contributed by atoms with Crippen molar-refractivity contribution in [3.05, 3.63) is 97.2 Å². The van der Waals surface area contributed by atoms with Gasteiger partial charge >= 0.3 is 5.97 Å². The first-order valence-electron chi connectivity index (χ1n) is 11.3. The van der Waals surface area contributed by atoms with Crippen molar-refractivity contribution in [2.75, 3.05) is 20.3 Å². The molecule has 1 atom stereocenters. The monoisotopic (exact) mass is 490 g/mol. The first-order chi connectivity index (χ1) is 17.1. The molecule has 1 aliphatic heterocycles. The van der Waals surface area contributed by atoms with Crippen LogP contribution in [0.25, 0.3) is 12.2 Å². The Hall–Kier alpha value is -3.91. The van der Waals surface area contributed by atoms with Crippen LogP contribution in [0.5, 0.6) is 11.5 Å². The average Bonchev–Trinajstić information content (AvgIpc) is 3.20. The highest BCUT2D eigenvalue weighted by Gasteiger charge is 2.31. The molecule has 0 saturated heterocycles. The molecule has 0 unspecified atom stereocenters. The second kappa shape index (κ2) is 11.0. The highest BCUT2D eigenvalue weighted by molar-refractivity contribution is 7.07. The lowest BCUT2D eigenvalue weighted by Crippen LogP contribution is -2.39. The number of fused-ring (bicyclic) bond motifs is 1. The number of esters is 1. The van der Waals surface area contributed by atoms with Crippen molar-refractivity contribution in [3.63, 3.8) is 0 Å². The SMILES string of the molecule is CCOc1ccc([C@@H]2C(C(=O)OC)=CN=c3s/c(=C\C=C\c4ccccc4)c(=O)n32)cc1OCC. The number of thiazole rings is 1. The van der Waals surface area contributed by atoms with Crippen LogP contribution in [0.2, 0.25) is 0 Å². The van der Waals surface area contributed by atoms with Crippen LogP contribution in [-0.4, -0.2) is 30.9 Å². The van der Waals surface area contributed by atoms with Gasteiger partial charge in [0.25, 0.3) is 5.56 Å². The summed E-state index contributed by atoms with van der Waals surface area (Å²) in [4.78, 5) is 31.0. The van der Waals surface area contributed by atoms with Crippen molar-refractivity contribution in [2.24, 2.45) is 4.99 Å². The zero-order chi connectivity index (χ0) is 24.8. The summed E-state index contributed by atoms with van der Waals surface area (Å²) in [5.74, 6) is 0.588. The zero-order valence-electron chi connectivity index (χ0n) is 19.8. The minimum Gasteiger partial charge on any atom is -0.490 e. The molecule has 2 aromatic carbocycles. The van der Waals surface area contributed by atoms with Gasteiger partial charge in [-0.3, -0.25) is 9.36 Å². The zero-order valence-corrected chi connectivity index (χ0v) is 20.6.